The molecule has 94 valence electrons. The van der Waals surface area contributed by atoms with Gasteiger partial charge in [0.25, 0.3) is 0 Å². The first-order chi connectivity index (χ1) is 8.72. The van der Waals surface area contributed by atoms with Crippen molar-refractivity contribution in [3.63, 3.8) is 0 Å². The van der Waals surface area contributed by atoms with E-state index in [1.807, 2.05) is 0 Å². The van der Waals surface area contributed by atoms with E-state index >= 15 is 0 Å². The maximum Gasteiger partial charge on any atom is 0.321 e. The summed E-state index contributed by atoms with van der Waals surface area (Å²) < 4.78 is 5.20. The zero-order valence-electron chi connectivity index (χ0n) is 10.2. The molecule has 5 aliphatic carbocycles. The molecule has 4 bridgehead atoms. The molecule has 6 rings (SSSR count). The van der Waals surface area contributed by atoms with Crippen LogP contribution in [0.15, 0.2) is 12.2 Å². The number of hydrogen-bond donors (Lipinski definition) is 0. The lowest BCUT2D eigenvalue weighted by Crippen LogP contribution is -2.61. The molecule has 0 unspecified atom stereocenters. The molecule has 0 radical (unpaired) electrons. The van der Waals surface area contributed by atoms with Gasteiger partial charge in [-0.1, -0.05) is 12.2 Å². The summed E-state index contributed by atoms with van der Waals surface area (Å²) in [5.74, 6) is 0.962. The number of esters is 2. The third-order valence-electron chi connectivity index (χ3n) is 6.80. The number of fused-ring (bicyclic) bond motifs is 3. The van der Waals surface area contributed by atoms with Crippen LogP contribution in [0.5, 0.6) is 0 Å². The Hall–Kier alpha value is -1.12. The molecule has 1 saturated heterocycles. The van der Waals surface area contributed by atoms with Gasteiger partial charge in [-0.25, -0.2) is 0 Å². The van der Waals surface area contributed by atoms with Crippen molar-refractivity contribution in [3.05, 3.63) is 12.2 Å². The zero-order valence-corrected chi connectivity index (χ0v) is 10.2. The van der Waals surface area contributed by atoms with E-state index in [1.54, 1.807) is 0 Å². The van der Waals surface area contributed by atoms with Gasteiger partial charge in [-0.2, -0.15) is 0 Å². The SMILES string of the molecule is O=C1OC(=O)[C@]23[C@H]4CC[C@H](C4)[C@]12[C@H]1C=C[C@@H]3CC1. The summed E-state index contributed by atoms with van der Waals surface area (Å²) in [6, 6.07) is 0. The highest BCUT2D eigenvalue weighted by Gasteiger charge is 2.84. The van der Waals surface area contributed by atoms with Crippen LogP contribution >= 0.6 is 0 Å². The topological polar surface area (TPSA) is 43.4 Å². The molecular weight excluding hydrogens is 228 g/mol. The molecule has 0 spiro atoms. The monoisotopic (exact) mass is 244 g/mol. The highest BCUT2D eigenvalue weighted by atomic mass is 16.6. The van der Waals surface area contributed by atoms with Gasteiger partial charge in [0.2, 0.25) is 0 Å². The van der Waals surface area contributed by atoms with E-state index in [9.17, 15) is 9.59 Å². The molecule has 4 fully saturated rings. The molecule has 1 aliphatic heterocycles. The Morgan fingerprint density at radius 1 is 0.889 bits per heavy atom. The maximum absolute atomic E-state index is 12.5. The van der Waals surface area contributed by atoms with E-state index in [2.05, 4.69) is 12.2 Å². The van der Waals surface area contributed by atoms with E-state index in [0.717, 1.165) is 32.1 Å². The van der Waals surface area contributed by atoms with Gasteiger partial charge < -0.3 is 4.74 Å². The van der Waals surface area contributed by atoms with Crippen molar-refractivity contribution in [1.82, 2.24) is 0 Å². The Morgan fingerprint density at radius 2 is 1.39 bits per heavy atom. The fourth-order valence-corrected chi connectivity index (χ4v) is 6.51. The van der Waals surface area contributed by atoms with E-state index in [1.165, 1.54) is 0 Å². The lowest BCUT2D eigenvalue weighted by atomic mass is 9.42. The van der Waals surface area contributed by atoms with Crippen molar-refractivity contribution < 1.29 is 14.3 Å². The number of cyclic esters (lactones) is 2. The quantitative estimate of drug-likeness (QED) is 0.372. The number of carbonyl (C=O) groups excluding carboxylic acids is 2. The van der Waals surface area contributed by atoms with Crippen molar-refractivity contribution in [2.45, 2.75) is 32.1 Å². The van der Waals surface area contributed by atoms with Crippen LogP contribution in [0.1, 0.15) is 32.1 Å². The first-order valence-electron chi connectivity index (χ1n) is 7.17. The number of carbonyl (C=O) groups is 2. The van der Waals surface area contributed by atoms with Gasteiger partial charge in [-0.15, -0.1) is 0 Å². The Morgan fingerprint density at radius 3 is 1.83 bits per heavy atom. The van der Waals surface area contributed by atoms with Crippen molar-refractivity contribution in [3.8, 4) is 0 Å². The lowest BCUT2D eigenvalue weighted by molar-refractivity contribution is -0.160. The van der Waals surface area contributed by atoms with Crippen molar-refractivity contribution in [2.75, 3.05) is 0 Å². The van der Waals surface area contributed by atoms with E-state index in [-0.39, 0.29) is 23.8 Å². The standard InChI is InChI=1S/C15H16O3/c16-12-14-8-1-2-9(4-3-8)15(14,13(17)18-12)11-6-5-10(14)7-11/h1-2,8-11H,3-7H2/t8-,9+,10+,11-,14+,15-. The first kappa shape index (κ1) is 9.76. The molecule has 0 aromatic heterocycles. The second-order valence-electron chi connectivity index (χ2n) is 6.80. The predicted octanol–water partition coefficient (Wildman–Crippen LogP) is 2.07. The van der Waals surface area contributed by atoms with Gasteiger partial charge in [0.05, 0.1) is 10.8 Å². The summed E-state index contributed by atoms with van der Waals surface area (Å²) in [4.78, 5) is 25.0. The van der Waals surface area contributed by atoms with Crippen LogP contribution in [-0.2, 0) is 14.3 Å². The van der Waals surface area contributed by atoms with Crippen LogP contribution in [-0.4, -0.2) is 11.9 Å². The summed E-state index contributed by atoms with van der Waals surface area (Å²) in [5.41, 5.74) is -0.907. The van der Waals surface area contributed by atoms with Crippen LogP contribution in [0, 0.1) is 34.5 Å². The second-order valence-corrected chi connectivity index (χ2v) is 6.80. The summed E-state index contributed by atoms with van der Waals surface area (Å²) >= 11 is 0. The van der Waals surface area contributed by atoms with Gasteiger partial charge in [-0.3, -0.25) is 9.59 Å². The largest absolute Gasteiger partial charge is 0.392 e. The Balaban J connectivity index is 1.89. The van der Waals surface area contributed by atoms with Gasteiger partial charge in [0, 0.05) is 0 Å². The minimum absolute atomic E-state index is 0.182. The second kappa shape index (κ2) is 2.59. The third-order valence-corrected chi connectivity index (χ3v) is 6.80. The molecule has 1 heterocycles. The number of hydrogen-bond acceptors (Lipinski definition) is 3. The normalized spacial score (nSPS) is 58.9. The average Bonchev–Trinajstić information content (AvgIpc) is 3.04. The molecule has 3 heteroatoms. The molecule has 3 saturated carbocycles. The highest BCUT2D eigenvalue weighted by Crippen LogP contribution is 2.79. The molecule has 0 amide bonds. The van der Waals surface area contributed by atoms with Gasteiger partial charge in [-0.05, 0) is 55.8 Å². The van der Waals surface area contributed by atoms with Crippen molar-refractivity contribution in [1.29, 1.82) is 0 Å². The van der Waals surface area contributed by atoms with Crippen molar-refractivity contribution >= 4 is 11.9 Å². The van der Waals surface area contributed by atoms with Gasteiger partial charge >= 0.3 is 11.9 Å². The Kier molecular flexibility index (Phi) is 1.40. The van der Waals surface area contributed by atoms with Crippen LogP contribution in [0.25, 0.3) is 0 Å². The summed E-state index contributed by atoms with van der Waals surface area (Å²) in [6.45, 7) is 0. The number of allylic oxidation sites excluding steroid dienone is 2. The summed E-state index contributed by atoms with van der Waals surface area (Å²) in [6.07, 6.45) is 9.87. The van der Waals surface area contributed by atoms with Crippen LogP contribution in [0.2, 0.25) is 0 Å². The van der Waals surface area contributed by atoms with Crippen LogP contribution in [0.4, 0.5) is 0 Å². The molecule has 18 heavy (non-hydrogen) atoms. The van der Waals surface area contributed by atoms with E-state index in [0.29, 0.717) is 11.8 Å². The molecule has 0 aromatic carbocycles. The van der Waals surface area contributed by atoms with Crippen molar-refractivity contribution in [2.24, 2.45) is 34.5 Å². The fraction of sp³-hybridized carbons (Fsp3) is 0.733. The molecular formula is C15H16O3. The highest BCUT2D eigenvalue weighted by molar-refractivity contribution is 6.04. The van der Waals surface area contributed by atoms with Crippen LogP contribution in [0.3, 0.4) is 0 Å². The zero-order chi connectivity index (χ0) is 12.1. The average molecular weight is 244 g/mol. The lowest BCUT2D eigenvalue weighted by Gasteiger charge is -2.56. The minimum Gasteiger partial charge on any atom is -0.392 e. The molecule has 3 nitrogen and oxygen atoms in total. The Labute approximate surface area is 106 Å². The molecule has 6 atom stereocenters. The van der Waals surface area contributed by atoms with Gasteiger partial charge in [0.1, 0.15) is 0 Å². The maximum atomic E-state index is 12.5. The summed E-state index contributed by atoms with van der Waals surface area (Å²) in [5, 5.41) is 0. The number of rotatable bonds is 0. The Bertz CT molecular complexity index is 478. The van der Waals surface area contributed by atoms with E-state index in [4.69, 9.17) is 4.74 Å². The first-order valence-corrected chi connectivity index (χ1v) is 7.17. The smallest absolute Gasteiger partial charge is 0.321 e. The summed E-state index contributed by atoms with van der Waals surface area (Å²) in [7, 11) is 0. The predicted molar refractivity (Wildman–Crippen MR) is 62.2 cm³/mol. The van der Waals surface area contributed by atoms with Crippen LogP contribution < -0.4 is 0 Å². The van der Waals surface area contributed by atoms with E-state index < -0.39 is 10.8 Å². The minimum atomic E-state index is -0.454. The molecule has 6 aliphatic rings. The molecule has 0 aromatic rings. The molecule has 0 N–H and O–H groups in total. The number of ether oxygens (including phenoxy) is 1. The fourth-order valence-electron chi connectivity index (χ4n) is 6.51. The van der Waals surface area contributed by atoms with Gasteiger partial charge in [0.15, 0.2) is 0 Å². The third kappa shape index (κ3) is 0.641.